The summed E-state index contributed by atoms with van der Waals surface area (Å²) in [5.74, 6) is 1.24. The molecular formula is C15H27N3OS. The maximum atomic E-state index is 11.8. The molecule has 2 aliphatic rings. The number of nitrogens with one attached hydrogen (secondary N) is 2. The monoisotopic (exact) mass is 297 g/mol. The van der Waals surface area contributed by atoms with Gasteiger partial charge in [0.05, 0.1) is 5.41 Å². The smallest absolute Gasteiger partial charge is 0.227 e. The van der Waals surface area contributed by atoms with E-state index in [-0.39, 0.29) is 5.91 Å². The zero-order valence-corrected chi connectivity index (χ0v) is 13.7. The van der Waals surface area contributed by atoms with E-state index >= 15 is 0 Å². The summed E-state index contributed by atoms with van der Waals surface area (Å²) in [6.07, 6.45) is 6.79. The highest BCUT2D eigenvalue weighted by atomic mass is 32.2. The number of hydrogen-bond acceptors (Lipinski definition) is 4. The van der Waals surface area contributed by atoms with Crippen LogP contribution >= 0.6 is 11.8 Å². The van der Waals surface area contributed by atoms with Crippen molar-refractivity contribution in [2.24, 2.45) is 15.8 Å². The van der Waals surface area contributed by atoms with E-state index in [1.165, 1.54) is 37.9 Å². The molecule has 5 heteroatoms. The molecule has 4 nitrogen and oxygen atoms in total. The molecule has 114 valence electrons. The molecule has 1 heterocycles. The third-order valence-corrected chi connectivity index (χ3v) is 5.81. The van der Waals surface area contributed by atoms with Gasteiger partial charge in [0.15, 0.2) is 5.17 Å². The van der Waals surface area contributed by atoms with E-state index < -0.39 is 5.41 Å². The van der Waals surface area contributed by atoms with Crippen LogP contribution in [0.3, 0.4) is 0 Å². The number of nitrogens with zero attached hydrogens (tertiary/aromatic N) is 1. The van der Waals surface area contributed by atoms with Crippen molar-refractivity contribution >= 4 is 22.8 Å². The fourth-order valence-corrected chi connectivity index (χ4v) is 4.13. The van der Waals surface area contributed by atoms with Crippen molar-refractivity contribution in [2.45, 2.75) is 46.0 Å². The van der Waals surface area contributed by atoms with Crippen LogP contribution in [0, 0.1) is 10.8 Å². The Balaban J connectivity index is 1.85. The Hall–Kier alpha value is -0.710. The summed E-state index contributed by atoms with van der Waals surface area (Å²) in [5.41, 5.74) is 0.0577. The largest absolute Gasteiger partial charge is 0.364 e. The quantitative estimate of drug-likeness (QED) is 0.841. The van der Waals surface area contributed by atoms with Crippen LogP contribution in [-0.4, -0.2) is 37.0 Å². The predicted octanol–water partition coefficient (Wildman–Crippen LogP) is 2.40. The highest BCUT2D eigenvalue weighted by Gasteiger charge is 2.35. The van der Waals surface area contributed by atoms with Gasteiger partial charge in [-0.15, -0.1) is 0 Å². The molecule has 20 heavy (non-hydrogen) atoms. The zero-order valence-electron chi connectivity index (χ0n) is 12.9. The number of hydrogen-bond donors (Lipinski definition) is 2. The molecule has 0 aromatic rings. The number of aliphatic imine (C=N–C) groups is 1. The Morgan fingerprint density at radius 3 is 2.60 bits per heavy atom. The summed E-state index contributed by atoms with van der Waals surface area (Å²) in [6, 6.07) is 0. The summed E-state index contributed by atoms with van der Waals surface area (Å²) in [7, 11) is 1.68. The van der Waals surface area contributed by atoms with Crippen molar-refractivity contribution in [1.29, 1.82) is 0 Å². The third-order valence-electron chi connectivity index (χ3n) is 4.51. The minimum atomic E-state index is -0.405. The summed E-state index contributed by atoms with van der Waals surface area (Å²) in [6.45, 7) is 5.50. The van der Waals surface area contributed by atoms with E-state index in [2.05, 4.69) is 10.6 Å². The SMILES string of the molecule is CNC(=O)C(C)(C)CNC1=NCC2(CCCCC2)CS1. The molecule has 0 saturated heterocycles. The van der Waals surface area contributed by atoms with Gasteiger partial charge in [0.1, 0.15) is 0 Å². The zero-order chi connectivity index (χ0) is 14.6. The molecule has 1 spiro atoms. The van der Waals surface area contributed by atoms with Gasteiger partial charge < -0.3 is 10.6 Å². The average molecular weight is 297 g/mol. The van der Waals surface area contributed by atoms with Gasteiger partial charge in [-0.05, 0) is 32.1 Å². The lowest BCUT2D eigenvalue weighted by Gasteiger charge is -2.38. The Labute approximate surface area is 126 Å². The second kappa shape index (κ2) is 6.37. The number of amidine groups is 1. The Morgan fingerprint density at radius 1 is 1.35 bits per heavy atom. The second-order valence-electron chi connectivity index (χ2n) is 6.79. The van der Waals surface area contributed by atoms with Gasteiger partial charge >= 0.3 is 0 Å². The molecule has 0 bridgehead atoms. The van der Waals surface area contributed by atoms with Crippen molar-refractivity contribution in [3.63, 3.8) is 0 Å². The molecule has 0 radical (unpaired) electrons. The summed E-state index contributed by atoms with van der Waals surface area (Å²) >= 11 is 1.84. The van der Waals surface area contributed by atoms with Gasteiger partial charge in [-0.2, -0.15) is 0 Å². The van der Waals surface area contributed by atoms with Crippen LogP contribution < -0.4 is 10.6 Å². The summed E-state index contributed by atoms with van der Waals surface area (Å²) in [4.78, 5) is 16.5. The number of thioether (sulfide) groups is 1. The Kier molecular flexibility index (Phi) is 4.99. The molecular weight excluding hydrogens is 270 g/mol. The van der Waals surface area contributed by atoms with Crippen LogP contribution in [0.15, 0.2) is 4.99 Å². The predicted molar refractivity (Wildman–Crippen MR) is 86.1 cm³/mol. The first-order chi connectivity index (χ1) is 9.47. The van der Waals surface area contributed by atoms with Crippen LogP contribution in [0.2, 0.25) is 0 Å². The van der Waals surface area contributed by atoms with Crippen LogP contribution in [0.25, 0.3) is 0 Å². The van der Waals surface area contributed by atoms with Crippen molar-refractivity contribution < 1.29 is 4.79 Å². The molecule has 1 aliphatic carbocycles. The Morgan fingerprint density at radius 2 is 2.05 bits per heavy atom. The molecule has 1 amide bonds. The highest BCUT2D eigenvalue weighted by molar-refractivity contribution is 8.13. The summed E-state index contributed by atoms with van der Waals surface area (Å²) in [5, 5.41) is 7.08. The fraction of sp³-hybridized carbons (Fsp3) is 0.867. The van der Waals surface area contributed by atoms with Gasteiger partial charge in [-0.1, -0.05) is 31.0 Å². The van der Waals surface area contributed by atoms with E-state index in [0.29, 0.717) is 12.0 Å². The molecule has 2 N–H and O–H groups in total. The lowest BCUT2D eigenvalue weighted by Crippen LogP contribution is -2.44. The van der Waals surface area contributed by atoms with Crippen molar-refractivity contribution in [3.05, 3.63) is 0 Å². The van der Waals surface area contributed by atoms with Crippen molar-refractivity contribution in [2.75, 3.05) is 25.9 Å². The first-order valence-electron chi connectivity index (χ1n) is 7.61. The van der Waals surface area contributed by atoms with E-state index in [0.717, 1.165) is 11.7 Å². The number of rotatable bonds is 3. The van der Waals surface area contributed by atoms with Crippen LogP contribution in [0.1, 0.15) is 46.0 Å². The standard InChI is InChI=1S/C15H27N3OS/c1-14(2,12(19)16-3)9-17-13-18-10-15(11-20-13)7-5-4-6-8-15/h4-11H2,1-3H3,(H,16,19)(H,17,18). The van der Waals surface area contributed by atoms with Gasteiger partial charge in [0.2, 0.25) is 5.91 Å². The molecule has 2 rings (SSSR count). The Bertz CT molecular complexity index is 387. The van der Waals surface area contributed by atoms with E-state index in [9.17, 15) is 4.79 Å². The molecule has 1 aliphatic heterocycles. The van der Waals surface area contributed by atoms with Crippen LogP contribution in [-0.2, 0) is 4.79 Å². The first kappa shape index (κ1) is 15.7. The maximum Gasteiger partial charge on any atom is 0.227 e. The number of carbonyl (C=O) groups is 1. The number of carbonyl (C=O) groups excluding carboxylic acids is 1. The highest BCUT2D eigenvalue weighted by Crippen LogP contribution is 2.41. The van der Waals surface area contributed by atoms with Gasteiger partial charge in [0.25, 0.3) is 0 Å². The summed E-state index contributed by atoms with van der Waals surface area (Å²) < 4.78 is 0. The molecule has 0 atom stereocenters. The third kappa shape index (κ3) is 3.68. The van der Waals surface area contributed by atoms with Crippen molar-refractivity contribution in [1.82, 2.24) is 10.6 Å². The topological polar surface area (TPSA) is 53.5 Å². The lowest BCUT2D eigenvalue weighted by atomic mass is 9.75. The van der Waals surface area contributed by atoms with Gasteiger partial charge in [-0.3, -0.25) is 9.79 Å². The first-order valence-corrected chi connectivity index (χ1v) is 8.59. The fourth-order valence-electron chi connectivity index (χ4n) is 2.98. The molecule has 1 fully saturated rings. The van der Waals surface area contributed by atoms with Crippen LogP contribution in [0.5, 0.6) is 0 Å². The average Bonchev–Trinajstić information content (AvgIpc) is 2.47. The lowest BCUT2D eigenvalue weighted by molar-refractivity contribution is -0.128. The normalized spacial score (nSPS) is 22.2. The maximum absolute atomic E-state index is 11.8. The molecule has 0 aromatic carbocycles. The van der Waals surface area contributed by atoms with E-state index in [1.807, 2.05) is 25.6 Å². The van der Waals surface area contributed by atoms with Gasteiger partial charge in [0, 0.05) is 25.9 Å². The molecule has 1 saturated carbocycles. The van der Waals surface area contributed by atoms with Gasteiger partial charge in [-0.25, -0.2) is 0 Å². The molecule has 0 unspecified atom stereocenters. The van der Waals surface area contributed by atoms with E-state index in [4.69, 9.17) is 4.99 Å². The number of amides is 1. The molecule has 0 aromatic heterocycles. The van der Waals surface area contributed by atoms with E-state index in [1.54, 1.807) is 7.05 Å². The van der Waals surface area contributed by atoms with Crippen LogP contribution in [0.4, 0.5) is 0 Å². The second-order valence-corrected chi connectivity index (χ2v) is 7.75. The minimum absolute atomic E-state index is 0.0650. The van der Waals surface area contributed by atoms with Crippen molar-refractivity contribution in [3.8, 4) is 0 Å². The minimum Gasteiger partial charge on any atom is -0.364 e.